The Kier molecular flexibility index (Phi) is 13.4. The molecule has 4 rings (SSSR count). The van der Waals surface area contributed by atoms with Crippen molar-refractivity contribution in [2.75, 3.05) is 7.11 Å². The van der Waals surface area contributed by atoms with Crippen molar-refractivity contribution in [2.45, 2.75) is 199 Å². The first-order valence-corrected chi connectivity index (χ1v) is 18.9. The van der Waals surface area contributed by atoms with E-state index in [-0.39, 0.29) is 31.0 Å². The highest BCUT2D eigenvalue weighted by Gasteiger charge is 2.57. The lowest BCUT2D eigenvalue weighted by Gasteiger charge is -2.48. The summed E-state index contributed by atoms with van der Waals surface area (Å²) in [6.45, 7) is 22.1. The van der Waals surface area contributed by atoms with E-state index in [0.717, 1.165) is 5.57 Å². The maximum atomic E-state index is 14.3. The third-order valence-electron chi connectivity index (χ3n) is 11.8. The van der Waals surface area contributed by atoms with Gasteiger partial charge in [0.1, 0.15) is 41.4 Å². The number of methoxy groups -OCH3 is 1. The van der Waals surface area contributed by atoms with E-state index < -0.39 is 95.8 Å². The standard InChI is InChI=1S/C38H67NO12/c1-14-26(40)38(12,44)33-21(6)29-19(4)16-37(11,51-29)32(50-35-28(41)25(39-18(2)3)15-20(5)46-35)22(7)30(23(8)34(43)49-33)48-27-17-36(10,45-13)31(42)24(9)47-27/h18,20-28,30-33,35,39-42,44H,14-17H2,1-13H3/t20-,21+,22+,23-,24+,25+,26-,27+,28-,30+,31+,32-,33-,35+,36-,37-,38-/m1/s1. The summed E-state index contributed by atoms with van der Waals surface area (Å²) in [6.07, 6.45) is -7.35. The van der Waals surface area contributed by atoms with Gasteiger partial charge < -0.3 is 58.9 Å². The molecule has 0 saturated carbocycles. The number of fused-ring (bicyclic) bond motifs is 2. The second-order valence-corrected chi connectivity index (χ2v) is 16.7. The zero-order valence-electron chi connectivity index (χ0n) is 33.0. The summed E-state index contributed by atoms with van der Waals surface area (Å²) in [5, 5.41) is 48.7. The Morgan fingerprint density at radius 1 is 1.06 bits per heavy atom. The molecule has 13 heteroatoms. The van der Waals surface area contributed by atoms with Gasteiger partial charge >= 0.3 is 5.97 Å². The molecule has 5 N–H and O–H groups in total. The first-order valence-electron chi connectivity index (χ1n) is 18.9. The molecule has 4 aliphatic heterocycles. The number of aliphatic hydroxyl groups excluding tert-OH is 3. The van der Waals surface area contributed by atoms with Gasteiger partial charge in [-0.1, -0.05) is 34.6 Å². The Hall–Kier alpha value is -1.39. The van der Waals surface area contributed by atoms with Crippen molar-refractivity contribution in [1.82, 2.24) is 5.32 Å². The lowest BCUT2D eigenvalue weighted by atomic mass is 9.78. The fourth-order valence-electron chi connectivity index (χ4n) is 8.83. The van der Waals surface area contributed by atoms with Crippen LogP contribution >= 0.6 is 0 Å². The van der Waals surface area contributed by atoms with Crippen LogP contribution in [0.1, 0.15) is 109 Å². The molecule has 0 spiro atoms. The first-order chi connectivity index (χ1) is 23.6. The van der Waals surface area contributed by atoms with E-state index >= 15 is 0 Å². The number of hydrogen-bond donors (Lipinski definition) is 5. The summed E-state index contributed by atoms with van der Waals surface area (Å²) in [7, 11) is 1.53. The molecule has 3 saturated heterocycles. The van der Waals surface area contributed by atoms with Crippen molar-refractivity contribution in [2.24, 2.45) is 17.8 Å². The molecule has 0 aromatic heterocycles. The maximum Gasteiger partial charge on any atom is 0.311 e. The van der Waals surface area contributed by atoms with Crippen LogP contribution in [0.4, 0.5) is 0 Å². The molecule has 0 amide bonds. The van der Waals surface area contributed by atoms with Gasteiger partial charge in [-0.25, -0.2) is 0 Å². The smallest absolute Gasteiger partial charge is 0.311 e. The molecule has 296 valence electrons. The average Bonchev–Trinajstić information content (AvgIpc) is 3.37. The van der Waals surface area contributed by atoms with Crippen molar-refractivity contribution >= 4 is 5.97 Å². The molecular formula is C38H67NO12. The zero-order chi connectivity index (χ0) is 38.4. The normalized spacial score (nSPS) is 45.8. The number of carbonyl (C=O) groups excluding carboxylic acids is 1. The van der Waals surface area contributed by atoms with Crippen LogP contribution in [0.3, 0.4) is 0 Å². The zero-order valence-corrected chi connectivity index (χ0v) is 33.0. The van der Waals surface area contributed by atoms with Gasteiger partial charge in [-0.2, -0.15) is 0 Å². The van der Waals surface area contributed by atoms with Gasteiger partial charge in [0.2, 0.25) is 0 Å². The lowest BCUT2D eigenvalue weighted by molar-refractivity contribution is -0.314. The molecule has 2 bridgehead atoms. The summed E-state index contributed by atoms with van der Waals surface area (Å²) in [4.78, 5) is 14.3. The van der Waals surface area contributed by atoms with E-state index in [1.54, 1.807) is 27.7 Å². The van der Waals surface area contributed by atoms with Crippen LogP contribution in [-0.2, 0) is 38.0 Å². The van der Waals surface area contributed by atoms with Crippen LogP contribution in [-0.4, -0.2) is 124 Å². The third kappa shape index (κ3) is 8.63. The summed E-state index contributed by atoms with van der Waals surface area (Å²) >= 11 is 0. The highest BCUT2D eigenvalue weighted by atomic mass is 16.7. The van der Waals surface area contributed by atoms with E-state index in [1.807, 2.05) is 48.5 Å². The van der Waals surface area contributed by atoms with Crippen LogP contribution in [0.15, 0.2) is 11.3 Å². The molecular weight excluding hydrogens is 662 g/mol. The van der Waals surface area contributed by atoms with E-state index in [0.29, 0.717) is 18.6 Å². The Balaban J connectivity index is 1.82. The van der Waals surface area contributed by atoms with Gasteiger partial charge in [-0.3, -0.25) is 4.79 Å². The van der Waals surface area contributed by atoms with Crippen molar-refractivity contribution in [1.29, 1.82) is 0 Å². The van der Waals surface area contributed by atoms with Crippen LogP contribution in [0.2, 0.25) is 0 Å². The summed E-state index contributed by atoms with van der Waals surface area (Å²) < 4.78 is 44.9. The number of aliphatic hydroxyl groups is 4. The van der Waals surface area contributed by atoms with Crippen LogP contribution in [0, 0.1) is 17.8 Å². The minimum atomic E-state index is -1.82. The maximum absolute atomic E-state index is 14.3. The molecule has 51 heavy (non-hydrogen) atoms. The van der Waals surface area contributed by atoms with Gasteiger partial charge in [-0.05, 0) is 66.9 Å². The lowest BCUT2D eigenvalue weighted by Crippen LogP contribution is -2.60. The van der Waals surface area contributed by atoms with Gasteiger partial charge in [0.05, 0.1) is 41.9 Å². The number of cyclic esters (lactones) is 1. The fraction of sp³-hybridized carbons (Fsp3) is 0.921. The molecule has 17 atom stereocenters. The van der Waals surface area contributed by atoms with Crippen LogP contribution in [0.5, 0.6) is 0 Å². The summed E-state index contributed by atoms with van der Waals surface area (Å²) in [5.74, 6) is -2.28. The Labute approximate surface area is 304 Å². The molecule has 0 aliphatic carbocycles. The monoisotopic (exact) mass is 729 g/mol. The molecule has 0 aromatic rings. The highest BCUT2D eigenvalue weighted by molar-refractivity contribution is 5.73. The van der Waals surface area contributed by atoms with Crippen molar-refractivity contribution in [3.05, 3.63) is 11.3 Å². The van der Waals surface area contributed by atoms with E-state index in [4.69, 9.17) is 33.2 Å². The average molecular weight is 730 g/mol. The summed E-state index contributed by atoms with van der Waals surface area (Å²) in [6, 6.07) is -0.164. The number of esters is 1. The first kappa shape index (κ1) is 42.4. The number of hydrogen-bond acceptors (Lipinski definition) is 13. The second kappa shape index (κ2) is 16.1. The Morgan fingerprint density at radius 3 is 2.29 bits per heavy atom. The molecule has 0 radical (unpaired) electrons. The number of ether oxygens (including phenoxy) is 7. The van der Waals surface area contributed by atoms with Crippen molar-refractivity contribution < 1.29 is 58.4 Å². The molecule has 0 unspecified atom stereocenters. The number of rotatable bonds is 10. The van der Waals surface area contributed by atoms with Crippen molar-refractivity contribution in [3.63, 3.8) is 0 Å². The Bertz CT molecular complexity index is 1230. The predicted molar refractivity (Wildman–Crippen MR) is 188 cm³/mol. The molecule has 4 aliphatic rings. The van der Waals surface area contributed by atoms with Gasteiger partial charge in [0, 0.05) is 38.0 Å². The van der Waals surface area contributed by atoms with Crippen LogP contribution in [0.25, 0.3) is 0 Å². The fourth-order valence-corrected chi connectivity index (χ4v) is 8.83. The minimum Gasteiger partial charge on any atom is -0.488 e. The minimum absolute atomic E-state index is 0.119. The second-order valence-electron chi connectivity index (χ2n) is 16.7. The Morgan fingerprint density at radius 2 is 1.71 bits per heavy atom. The van der Waals surface area contributed by atoms with Crippen molar-refractivity contribution in [3.8, 4) is 0 Å². The van der Waals surface area contributed by atoms with E-state index in [9.17, 15) is 25.2 Å². The molecule has 0 aromatic carbocycles. The van der Waals surface area contributed by atoms with Gasteiger partial charge in [0.15, 0.2) is 12.6 Å². The van der Waals surface area contributed by atoms with E-state index in [1.165, 1.54) is 14.0 Å². The van der Waals surface area contributed by atoms with E-state index in [2.05, 4.69) is 5.32 Å². The molecule has 13 nitrogen and oxygen atoms in total. The van der Waals surface area contributed by atoms with Crippen LogP contribution < -0.4 is 5.32 Å². The van der Waals surface area contributed by atoms with Gasteiger partial charge in [0.25, 0.3) is 0 Å². The highest BCUT2D eigenvalue weighted by Crippen LogP contribution is 2.48. The third-order valence-corrected chi connectivity index (χ3v) is 11.8. The predicted octanol–water partition coefficient (Wildman–Crippen LogP) is 3.33. The molecule has 4 heterocycles. The largest absolute Gasteiger partial charge is 0.488 e. The number of carbonyl (C=O) groups is 1. The SMILES string of the molecule is CC[C@@H](O)[C@@](C)(O)[C@@H]1OC(=O)[C@H](C)[C@@H](O[C@H]2C[C@@](C)(OC)[C@@H](O)[C@H](C)O2)[C@H](C)[C@@H](O[C@@H]2O[C@H](C)C[C@H](NC(C)C)[C@H]2O)[C@@]2(C)CC(C)=C(O2)[C@@H]1C. The molecule has 3 fully saturated rings. The topological polar surface area (TPSA) is 175 Å². The summed E-state index contributed by atoms with van der Waals surface area (Å²) in [5.41, 5.74) is -2.96. The van der Waals surface area contributed by atoms with Gasteiger partial charge in [-0.15, -0.1) is 0 Å². The number of nitrogens with one attached hydrogen (secondary N) is 1. The quantitative estimate of drug-likeness (QED) is 0.208.